The molecule has 1 N–H and O–H groups in total. The molecule has 1 saturated carbocycles. The van der Waals surface area contributed by atoms with Gasteiger partial charge >= 0.3 is 0 Å². The van der Waals surface area contributed by atoms with Crippen LogP contribution in [0.1, 0.15) is 43.7 Å². The van der Waals surface area contributed by atoms with Crippen LogP contribution < -0.4 is 0 Å². The molecule has 0 bridgehead atoms. The summed E-state index contributed by atoms with van der Waals surface area (Å²) in [6.45, 7) is 2.21. The maximum Gasteiger partial charge on any atom is 0.0913 e. The molecular formula is C17H21NO. The van der Waals surface area contributed by atoms with Crippen molar-refractivity contribution in [2.45, 2.75) is 51.0 Å². The number of hydrogen-bond acceptors (Lipinski definition) is 2. The molecule has 2 aliphatic carbocycles. The topological polar surface area (TPSA) is 44.0 Å². The fourth-order valence-corrected chi connectivity index (χ4v) is 4.11. The second-order valence-corrected chi connectivity index (χ2v) is 6.55. The Morgan fingerprint density at radius 3 is 2.42 bits per heavy atom. The summed E-state index contributed by atoms with van der Waals surface area (Å²) in [5, 5.41) is 20.9. The average Bonchev–Trinajstić information content (AvgIpc) is 2.76. The van der Waals surface area contributed by atoms with Crippen LogP contribution in [0.25, 0.3) is 0 Å². The van der Waals surface area contributed by atoms with Crippen LogP contribution in [0.4, 0.5) is 0 Å². The van der Waals surface area contributed by atoms with Gasteiger partial charge in [0.1, 0.15) is 0 Å². The Hall–Kier alpha value is -1.33. The van der Waals surface area contributed by atoms with E-state index >= 15 is 0 Å². The summed E-state index contributed by atoms with van der Waals surface area (Å²) in [5.74, 6) is 0.543. The first-order chi connectivity index (χ1) is 9.09. The standard InChI is InChI=1S/C17H21NO/c1-13-5-4-8-16(9-13,12-18)17(19)10-14-6-2-3-7-15(14)11-17/h2-3,6-7,13,19H,4-5,8-11H2,1H3. The Balaban J connectivity index is 1.95. The van der Waals surface area contributed by atoms with Gasteiger partial charge in [-0.05, 0) is 29.9 Å². The van der Waals surface area contributed by atoms with Crippen molar-refractivity contribution in [1.29, 1.82) is 5.26 Å². The highest BCUT2D eigenvalue weighted by Gasteiger charge is 2.54. The van der Waals surface area contributed by atoms with E-state index in [1.54, 1.807) is 0 Å². The molecule has 0 aromatic heterocycles. The van der Waals surface area contributed by atoms with Gasteiger partial charge in [0, 0.05) is 12.8 Å². The van der Waals surface area contributed by atoms with Gasteiger partial charge in [-0.15, -0.1) is 0 Å². The quantitative estimate of drug-likeness (QED) is 0.837. The van der Waals surface area contributed by atoms with Crippen LogP contribution >= 0.6 is 0 Å². The minimum Gasteiger partial charge on any atom is -0.388 e. The zero-order valence-electron chi connectivity index (χ0n) is 11.5. The molecule has 1 aromatic rings. The number of fused-ring (bicyclic) bond motifs is 1. The normalized spacial score (nSPS) is 32.6. The lowest BCUT2D eigenvalue weighted by atomic mass is 9.60. The molecule has 0 amide bonds. The molecule has 0 radical (unpaired) electrons. The molecule has 2 heteroatoms. The van der Waals surface area contributed by atoms with Crippen molar-refractivity contribution in [2.75, 3.05) is 0 Å². The molecule has 0 spiro atoms. The molecule has 2 nitrogen and oxygen atoms in total. The molecule has 19 heavy (non-hydrogen) atoms. The highest BCUT2D eigenvalue weighted by Crippen LogP contribution is 2.51. The molecule has 0 heterocycles. The maximum atomic E-state index is 11.2. The lowest BCUT2D eigenvalue weighted by molar-refractivity contribution is -0.0724. The third-order valence-electron chi connectivity index (χ3n) is 5.19. The van der Waals surface area contributed by atoms with E-state index in [0.29, 0.717) is 18.8 Å². The Kier molecular flexibility index (Phi) is 2.91. The maximum absolute atomic E-state index is 11.2. The van der Waals surface area contributed by atoms with Crippen LogP contribution in [-0.4, -0.2) is 10.7 Å². The van der Waals surface area contributed by atoms with Crippen LogP contribution in [0.3, 0.4) is 0 Å². The number of nitriles is 1. The second-order valence-electron chi connectivity index (χ2n) is 6.55. The van der Waals surface area contributed by atoms with Crippen LogP contribution in [-0.2, 0) is 12.8 Å². The number of benzene rings is 1. The monoisotopic (exact) mass is 255 g/mol. The lowest BCUT2D eigenvalue weighted by Gasteiger charge is -2.44. The SMILES string of the molecule is CC1CCCC(C#N)(C2(O)Cc3ccccc3C2)C1. The van der Waals surface area contributed by atoms with Crippen molar-refractivity contribution in [1.82, 2.24) is 0 Å². The molecular weight excluding hydrogens is 234 g/mol. The fraction of sp³-hybridized carbons (Fsp3) is 0.588. The van der Waals surface area contributed by atoms with E-state index < -0.39 is 11.0 Å². The van der Waals surface area contributed by atoms with Crippen molar-refractivity contribution in [2.24, 2.45) is 11.3 Å². The van der Waals surface area contributed by atoms with E-state index in [2.05, 4.69) is 25.1 Å². The molecule has 0 saturated heterocycles. The van der Waals surface area contributed by atoms with Crippen LogP contribution in [0, 0.1) is 22.7 Å². The van der Waals surface area contributed by atoms with Gasteiger partial charge in [0.05, 0.1) is 17.1 Å². The second kappa shape index (κ2) is 4.35. The van der Waals surface area contributed by atoms with Gasteiger partial charge < -0.3 is 5.11 Å². The molecule has 1 aromatic carbocycles. The first-order valence-corrected chi connectivity index (χ1v) is 7.29. The van der Waals surface area contributed by atoms with Crippen molar-refractivity contribution >= 4 is 0 Å². The minimum absolute atomic E-state index is 0.543. The number of aliphatic hydroxyl groups is 1. The van der Waals surface area contributed by atoms with E-state index in [1.165, 1.54) is 17.5 Å². The first kappa shape index (κ1) is 12.7. The highest BCUT2D eigenvalue weighted by molar-refractivity contribution is 5.38. The smallest absolute Gasteiger partial charge is 0.0913 e. The van der Waals surface area contributed by atoms with Crippen LogP contribution in [0.15, 0.2) is 24.3 Å². The first-order valence-electron chi connectivity index (χ1n) is 7.29. The summed E-state index contributed by atoms with van der Waals surface area (Å²) >= 11 is 0. The summed E-state index contributed by atoms with van der Waals surface area (Å²) in [6.07, 6.45) is 5.22. The zero-order chi connectivity index (χ0) is 13.5. The van der Waals surface area contributed by atoms with E-state index in [1.807, 2.05) is 12.1 Å². The molecule has 2 aliphatic rings. The molecule has 100 valence electrons. The van der Waals surface area contributed by atoms with E-state index in [0.717, 1.165) is 19.3 Å². The predicted octanol–water partition coefficient (Wildman–Crippen LogP) is 3.24. The van der Waals surface area contributed by atoms with E-state index in [4.69, 9.17) is 0 Å². The Morgan fingerprint density at radius 2 is 1.89 bits per heavy atom. The van der Waals surface area contributed by atoms with Gasteiger partial charge in [-0.3, -0.25) is 0 Å². The van der Waals surface area contributed by atoms with E-state index in [-0.39, 0.29) is 0 Å². The summed E-state index contributed by atoms with van der Waals surface area (Å²) in [4.78, 5) is 0. The molecule has 2 unspecified atom stereocenters. The van der Waals surface area contributed by atoms with Gasteiger partial charge in [-0.25, -0.2) is 0 Å². The average molecular weight is 255 g/mol. The molecule has 0 aliphatic heterocycles. The van der Waals surface area contributed by atoms with Gasteiger partial charge in [0.25, 0.3) is 0 Å². The van der Waals surface area contributed by atoms with Crippen molar-refractivity contribution in [3.05, 3.63) is 35.4 Å². The predicted molar refractivity (Wildman–Crippen MR) is 74.5 cm³/mol. The van der Waals surface area contributed by atoms with Crippen LogP contribution in [0.2, 0.25) is 0 Å². The molecule has 1 fully saturated rings. The highest BCUT2D eigenvalue weighted by atomic mass is 16.3. The van der Waals surface area contributed by atoms with Gasteiger partial charge in [0.15, 0.2) is 0 Å². The summed E-state index contributed by atoms with van der Waals surface area (Å²) < 4.78 is 0. The van der Waals surface area contributed by atoms with Crippen molar-refractivity contribution < 1.29 is 5.11 Å². The van der Waals surface area contributed by atoms with E-state index in [9.17, 15) is 10.4 Å². The van der Waals surface area contributed by atoms with Gasteiger partial charge in [-0.1, -0.05) is 44.0 Å². The number of rotatable bonds is 1. The Labute approximate surface area is 115 Å². The van der Waals surface area contributed by atoms with Crippen molar-refractivity contribution in [3.8, 4) is 6.07 Å². The van der Waals surface area contributed by atoms with Crippen LogP contribution in [0.5, 0.6) is 0 Å². The fourth-order valence-electron chi connectivity index (χ4n) is 4.11. The Bertz CT molecular complexity index is 505. The van der Waals surface area contributed by atoms with Gasteiger partial charge in [-0.2, -0.15) is 5.26 Å². The van der Waals surface area contributed by atoms with Crippen molar-refractivity contribution in [3.63, 3.8) is 0 Å². The number of nitrogens with zero attached hydrogens (tertiary/aromatic N) is 1. The minimum atomic E-state index is -0.861. The number of hydrogen-bond donors (Lipinski definition) is 1. The third kappa shape index (κ3) is 1.88. The molecule has 3 rings (SSSR count). The molecule has 2 atom stereocenters. The summed E-state index contributed by atoms with van der Waals surface area (Å²) in [5.41, 5.74) is 1.03. The third-order valence-corrected chi connectivity index (χ3v) is 5.19. The zero-order valence-corrected chi connectivity index (χ0v) is 11.5. The van der Waals surface area contributed by atoms with Gasteiger partial charge in [0.2, 0.25) is 0 Å². The summed E-state index contributed by atoms with van der Waals surface area (Å²) in [7, 11) is 0. The lowest BCUT2D eigenvalue weighted by Crippen LogP contribution is -2.50. The summed E-state index contributed by atoms with van der Waals surface area (Å²) in [6, 6.07) is 10.7. The Morgan fingerprint density at radius 1 is 1.26 bits per heavy atom. The largest absolute Gasteiger partial charge is 0.388 e.